The maximum atomic E-state index is 11.7. The van der Waals surface area contributed by atoms with Crippen LogP contribution in [0.2, 0.25) is 0 Å². The molecular weight excluding hydrogens is 304 g/mol. The number of hydrogen-bond acceptors (Lipinski definition) is 4. The predicted molar refractivity (Wildman–Crippen MR) is 92.2 cm³/mol. The molecule has 0 aromatic rings. The topological polar surface area (TPSA) is 66.8 Å². The van der Waals surface area contributed by atoms with Gasteiger partial charge in [-0.3, -0.25) is 0 Å². The highest BCUT2D eigenvalue weighted by Gasteiger charge is 2.57. The summed E-state index contributed by atoms with van der Waals surface area (Å²) in [6.45, 7) is 9.14. The van der Waals surface area contributed by atoms with Gasteiger partial charge in [-0.1, -0.05) is 32.1 Å². The Morgan fingerprint density at radius 2 is 2.08 bits per heavy atom. The SMILES string of the molecule is C=C1CCC2C(C)(CO)C(O)CCC2(C)C1CC=C1CCOC1=O. The lowest BCUT2D eigenvalue weighted by Gasteiger charge is -2.59. The molecule has 2 aliphatic carbocycles. The van der Waals surface area contributed by atoms with Crippen molar-refractivity contribution < 1.29 is 19.7 Å². The average molecular weight is 334 g/mol. The van der Waals surface area contributed by atoms with Crippen LogP contribution < -0.4 is 0 Å². The second kappa shape index (κ2) is 6.30. The first kappa shape index (κ1) is 17.7. The Kier molecular flexibility index (Phi) is 4.65. The maximum absolute atomic E-state index is 11.7. The Morgan fingerprint density at radius 3 is 2.71 bits per heavy atom. The van der Waals surface area contributed by atoms with E-state index < -0.39 is 11.5 Å². The molecule has 5 atom stereocenters. The summed E-state index contributed by atoms with van der Waals surface area (Å²) >= 11 is 0. The molecule has 4 heteroatoms. The van der Waals surface area contributed by atoms with Gasteiger partial charge in [-0.2, -0.15) is 0 Å². The number of carbonyl (C=O) groups excluding carboxylic acids is 1. The maximum Gasteiger partial charge on any atom is 0.333 e. The van der Waals surface area contributed by atoms with E-state index in [1.807, 2.05) is 13.0 Å². The standard InChI is InChI=1S/C20H30O4/c1-13-4-7-16-19(2,10-8-17(22)20(16,3)12-21)15(13)6-5-14-9-11-24-18(14)23/h5,15-17,21-22H,1,4,6-12H2,2-3H3. The lowest BCUT2D eigenvalue weighted by molar-refractivity contribution is -0.151. The van der Waals surface area contributed by atoms with Crippen LogP contribution in [0.3, 0.4) is 0 Å². The van der Waals surface area contributed by atoms with E-state index in [0.717, 1.165) is 31.3 Å². The molecule has 0 bridgehead atoms. The highest BCUT2D eigenvalue weighted by atomic mass is 16.5. The number of rotatable bonds is 3. The zero-order chi connectivity index (χ0) is 17.5. The van der Waals surface area contributed by atoms with E-state index >= 15 is 0 Å². The summed E-state index contributed by atoms with van der Waals surface area (Å²) in [6, 6.07) is 0. The zero-order valence-electron chi connectivity index (χ0n) is 14.9. The summed E-state index contributed by atoms with van der Waals surface area (Å²) in [5, 5.41) is 20.5. The normalized spacial score (nSPS) is 44.5. The third kappa shape index (κ3) is 2.64. The second-order valence-corrected chi connectivity index (χ2v) is 8.38. The summed E-state index contributed by atoms with van der Waals surface area (Å²) < 4.78 is 5.03. The molecule has 24 heavy (non-hydrogen) atoms. The smallest absolute Gasteiger partial charge is 0.333 e. The van der Waals surface area contributed by atoms with Crippen LogP contribution in [0, 0.1) is 22.7 Å². The fourth-order valence-electron chi connectivity index (χ4n) is 5.53. The molecule has 0 radical (unpaired) electrons. The molecule has 0 spiro atoms. The molecule has 3 fully saturated rings. The van der Waals surface area contributed by atoms with Crippen molar-refractivity contribution >= 4 is 5.97 Å². The van der Waals surface area contributed by atoms with E-state index in [1.165, 1.54) is 5.57 Å². The Hall–Kier alpha value is -1.13. The van der Waals surface area contributed by atoms with Gasteiger partial charge < -0.3 is 14.9 Å². The minimum Gasteiger partial charge on any atom is -0.462 e. The highest BCUT2D eigenvalue weighted by Crippen LogP contribution is 2.61. The molecule has 0 aromatic heterocycles. The van der Waals surface area contributed by atoms with Gasteiger partial charge in [-0.15, -0.1) is 0 Å². The third-order valence-corrected chi connectivity index (χ3v) is 7.16. The van der Waals surface area contributed by atoms with E-state index in [0.29, 0.717) is 19.4 Å². The lowest BCUT2D eigenvalue weighted by atomic mass is 9.46. The number of allylic oxidation sites excluding steroid dienone is 2. The number of aliphatic hydroxyl groups is 2. The van der Waals surface area contributed by atoms with Gasteiger partial charge in [0.15, 0.2) is 0 Å². The van der Waals surface area contributed by atoms with Crippen molar-refractivity contribution in [2.45, 2.75) is 58.5 Å². The van der Waals surface area contributed by atoms with Crippen molar-refractivity contribution in [3.63, 3.8) is 0 Å². The van der Waals surface area contributed by atoms with E-state index in [2.05, 4.69) is 13.5 Å². The van der Waals surface area contributed by atoms with Gasteiger partial charge in [0.1, 0.15) is 0 Å². The molecule has 0 amide bonds. The van der Waals surface area contributed by atoms with Crippen LogP contribution in [-0.2, 0) is 9.53 Å². The van der Waals surface area contributed by atoms with Crippen molar-refractivity contribution in [3.05, 3.63) is 23.8 Å². The highest BCUT2D eigenvalue weighted by molar-refractivity contribution is 5.90. The van der Waals surface area contributed by atoms with Crippen LogP contribution in [0.25, 0.3) is 0 Å². The molecule has 0 aromatic carbocycles. The van der Waals surface area contributed by atoms with Crippen LogP contribution in [-0.4, -0.2) is 35.5 Å². The van der Waals surface area contributed by atoms with Crippen LogP contribution in [0.4, 0.5) is 0 Å². The van der Waals surface area contributed by atoms with Gasteiger partial charge in [-0.25, -0.2) is 4.79 Å². The fraction of sp³-hybridized carbons (Fsp3) is 0.750. The quantitative estimate of drug-likeness (QED) is 0.473. The summed E-state index contributed by atoms with van der Waals surface area (Å²) in [6.07, 6.45) is 6.65. The molecule has 1 saturated heterocycles. The van der Waals surface area contributed by atoms with Crippen molar-refractivity contribution in [2.75, 3.05) is 13.2 Å². The molecule has 4 nitrogen and oxygen atoms in total. The molecule has 2 N–H and O–H groups in total. The van der Waals surface area contributed by atoms with Crippen LogP contribution in [0.1, 0.15) is 52.4 Å². The minimum atomic E-state index is -0.453. The number of carbonyl (C=O) groups is 1. The van der Waals surface area contributed by atoms with Crippen molar-refractivity contribution in [1.29, 1.82) is 0 Å². The lowest BCUT2D eigenvalue weighted by Crippen LogP contribution is -2.57. The second-order valence-electron chi connectivity index (χ2n) is 8.38. The van der Waals surface area contributed by atoms with Crippen molar-refractivity contribution in [3.8, 4) is 0 Å². The van der Waals surface area contributed by atoms with E-state index in [-0.39, 0.29) is 29.8 Å². The Labute approximate surface area is 144 Å². The first-order valence-corrected chi connectivity index (χ1v) is 9.15. The molecular formula is C20H30O4. The average Bonchev–Trinajstić information content (AvgIpc) is 2.96. The van der Waals surface area contributed by atoms with Gasteiger partial charge in [0.2, 0.25) is 0 Å². The number of ether oxygens (including phenoxy) is 1. The molecule has 5 unspecified atom stereocenters. The Balaban J connectivity index is 1.88. The van der Waals surface area contributed by atoms with Crippen LogP contribution in [0.15, 0.2) is 23.8 Å². The molecule has 1 aliphatic heterocycles. The van der Waals surface area contributed by atoms with Gasteiger partial charge >= 0.3 is 5.97 Å². The van der Waals surface area contributed by atoms with E-state index in [1.54, 1.807) is 0 Å². The fourth-order valence-corrected chi connectivity index (χ4v) is 5.53. The number of cyclic esters (lactones) is 1. The molecule has 1 heterocycles. The predicted octanol–water partition coefficient (Wildman–Crippen LogP) is 2.99. The van der Waals surface area contributed by atoms with Crippen molar-refractivity contribution in [1.82, 2.24) is 0 Å². The van der Waals surface area contributed by atoms with Gasteiger partial charge in [-0.05, 0) is 49.4 Å². The minimum absolute atomic E-state index is 0.00557. The van der Waals surface area contributed by atoms with Gasteiger partial charge in [0.25, 0.3) is 0 Å². The monoisotopic (exact) mass is 334 g/mol. The number of aliphatic hydroxyl groups excluding tert-OH is 2. The first-order valence-electron chi connectivity index (χ1n) is 9.15. The number of fused-ring (bicyclic) bond motifs is 1. The first-order chi connectivity index (χ1) is 11.3. The third-order valence-electron chi connectivity index (χ3n) is 7.16. The molecule has 134 valence electrons. The van der Waals surface area contributed by atoms with Crippen molar-refractivity contribution in [2.24, 2.45) is 22.7 Å². The summed E-state index contributed by atoms with van der Waals surface area (Å²) in [4.78, 5) is 11.7. The van der Waals surface area contributed by atoms with E-state index in [9.17, 15) is 15.0 Å². The zero-order valence-corrected chi connectivity index (χ0v) is 14.9. The Bertz CT molecular complexity index is 566. The number of esters is 1. The summed E-state index contributed by atoms with van der Waals surface area (Å²) in [7, 11) is 0. The summed E-state index contributed by atoms with van der Waals surface area (Å²) in [5.41, 5.74) is 1.58. The molecule has 3 rings (SSSR count). The summed E-state index contributed by atoms with van der Waals surface area (Å²) in [5.74, 6) is 0.371. The Morgan fingerprint density at radius 1 is 1.33 bits per heavy atom. The van der Waals surface area contributed by atoms with Gasteiger partial charge in [0.05, 0.1) is 19.3 Å². The van der Waals surface area contributed by atoms with Crippen LogP contribution in [0.5, 0.6) is 0 Å². The molecule has 2 saturated carbocycles. The molecule has 3 aliphatic rings. The largest absolute Gasteiger partial charge is 0.462 e. The number of hydrogen-bond donors (Lipinski definition) is 2. The van der Waals surface area contributed by atoms with Gasteiger partial charge in [0, 0.05) is 17.4 Å². The van der Waals surface area contributed by atoms with Crippen LogP contribution >= 0.6 is 0 Å². The van der Waals surface area contributed by atoms with E-state index in [4.69, 9.17) is 4.74 Å².